The van der Waals surface area contributed by atoms with Crippen LogP contribution >= 0.6 is 39.1 Å². The molecule has 1 aliphatic heterocycles. The Morgan fingerprint density at radius 2 is 1.58 bits per heavy atom. The summed E-state index contributed by atoms with van der Waals surface area (Å²) in [5.74, 6) is 0.531. The summed E-state index contributed by atoms with van der Waals surface area (Å²) in [4.78, 5) is 20.1. The van der Waals surface area contributed by atoms with Gasteiger partial charge in [0.25, 0.3) is 0 Å². The van der Waals surface area contributed by atoms with Gasteiger partial charge in [-0.15, -0.1) is 0 Å². The van der Waals surface area contributed by atoms with E-state index in [1.807, 2.05) is 11.8 Å². The molecule has 0 aliphatic carbocycles. The predicted molar refractivity (Wildman–Crippen MR) is 134 cm³/mol. The average Bonchev–Trinajstić information content (AvgIpc) is 3.27. The Hall–Kier alpha value is -2.38. The van der Waals surface area contributed by atoms with Crippen LogP contribution in [0.4, 0.5) is 38.1 Å². The molecule has 0 unspecified atom stereocenters. The van der Waals surface area contributed by atoms with Crippen molar-refractivity contribution in [3.63, 3.8) is 0 Å². The molecule has 0 radical (unpaired) electrons. The minimum atomic E-state index is -4.96. The Kier molecular flexibility index (Phi) is 8.29. The summed E-state index contributed by atoms with van der Waals surface area (Å²) in [7, 11) is 0. The molecule has 1 aromatic carbocycles. The van der Waals surface area contributed by atoms with Gasteiger partial charge >= 0.3 is 12.4 Å². The van der Waals surface area contributed by atoms with E-state index in [4.69, 9.17) is 23.2 Å². The number of rotatable bonds is 6. The minimum absolute atomic E-state index is 0.0144. The third-order valence-electron chi connectivity index (χ3n) is 6.14. The molecule has 0 N–H and O–H groups in total. The number of nitrogens with zero attached hydrogens (tertiary/aromatic N) is 6. The van der Waals surface area contributed by atoms with Crippen molar-refractivity contribution < 1.29 is 26.3 Å². The van der Waals surface area contributed by atoms with Crippen molar-refractivity contribution in [3.8, 4) is 0 Å². The maximum absolute atomic E-state index is 13.5. The Balaban J connectivity index is 1.75. The topological polar surface area (TPSA) is 58.0 Å². The smallest absolute Gasteiger partial charge is 0.350 e. The lowest BCUT2D eigenvalue weighted by molar-refractivity contribution is -0.143. The van der Waals surface area contributed by atoms with Gasteiger partial charge in [-0.2, -0.15) is 31.3 Å². The number of benzene rings is 1. The second kappa shape index (κ2) is 11.0. The van der Waals surface area contributed by atoms with E-state index in [9.17, 15) is 26.3 Å². The van der Waals surface area contributed by atoms with E-state index in [0.717, 1.165) is 0 Å². The first-order valence-electron chi connectivity index (χ1n) is 11.2. The van der Waals surface area contributed by atoms with Gasteiger partial charge in [0.1, 0.15) is 5.02 Å². The molecule has 2 aromatic heterocycles. The Bertz CT molecular complexity index is 1260. The molecule has 3 aromatic rings. The highest BCUT2D eigenvalue weighted by molar-refractivity contribution is 9.10. The average molecular weight is 644 g/mol. The van der Waals surface area contributed by atoms with Crippen molar-refractivity contribution >= 4 is 50.9 Å². The summed E-state index contributed by atoms with van der Waals surface area (Å²) in [5.41, 5.74) is -2.96. The lowest BCUT2D eigenvalue weighted by Gasteiger charge is -2.30. The van der Waals surface area contributed by atoms with Crippen molar-refractivity contribution in [1.29, 1.82) is 0 Å². The third-order valence-corrected chi connectivity index (χ3v) is 6.99. The van der Waals surface area contributed by atoms with Crippen molar-refractivity contribution in [2.45, 2.75) is 50.7 Å². The van der Waals surface area contributed by atoms with Crippen molar-refractivity contribution in [2.75, 3.05) is 16.3 Å². The lowest BCUT2D eigenvalue weighted by Crippen LogP contribution is -2.39. The van der Waals surface area contributed by atoms with Crippen LogP contribution in [-0.4, -0.2) is 38.6 Å². The van der Waals surface area contributed by atoms with Crippen LogP contribution in [0.5, 0.6) is 0 Å². The molecule has 1 aliphatic rings. The van der Waals surface area contributed by atoms with Gasteiger partial charge in [-0.3, -0.25) is 0 Å². The number of hydrogen-bond donors (Lipinski definition) is 0. The molecule has 0 spiro atoms. The quantitative estimate of drug-likeness (QED) is 0.206. The first kappa shape index (κ1) is 28.6. The van der Waals surface area contributed by atoms with Crippen LogP contribution in [0.3, 0.4) is 0 Å². The molecule has 4 rings (SSSR count). The van der Waals surface area contributed by atoms with Crippen LogP contribution in [0, 0.1) is 0 Å². The summed E-state index contributed by atoms with van der Waals surface area (Å²) in [6, 6.07) is 1.02. The highest BCUT2D eigenvalue weighted by Crippen LogP contribution is 2.38. The number of hydrogen-bond acceptors (Lipinski definition) is 6. The number of anilines is 2. The summed E-state index contributed by atoms with van der Waals surface area (Å²) in [5, 5.41) is 0.243. The molecular weight excluding hydrogens is 625 g/mol. The van der Waals surface area contributed by atoms with Crippen molar-refractivity contribution in [1.82, 2.24) is 19.9 Å². The van der Waals surface area contributed by atoms with E-state index >= 15 is 0 Å². The molecule has 15 heteroatoms. The number of alkyl halides is 6. The second-order valence-electron chi connectivity index (χ2n) is 8.66. The fourth-order valence-corrected chi connectivity index (χ4v) is 4.96. The molecule has 0 saturated carbocycles. The van der Waals surface area contributed by atoms with Crippen molar-refractivity contribution in [2.24, 2.45) is 0 Å². The van der Waals surface area contributed by atoms with Crippen LogP contribution in [0.1, 0.15) is 36.5 Å². The zero-order chi connectivity index (χ0) is 27.8. The van der Waals surface area contributed by atoms with Crippen LogP contribution in [0.15, 0.2) is 41.3 Å². The van der Waals surface area contributed by atoms with E-state index in [1.54, 1.807) is 4.90 Å². The summed E-state index contributed by atoms with van der Waals surface area (Å²) < 4.78 is 81.5. The summed E-state index contributed by atoms with van der Waals surface area (Å²) in [6.45, 7) is 1.93. The lowest BCUT2D eigenvalue weighted by atomic mass is 10.0. The van der Waals surface area contributed by atoms with Gasteiger partial charge in [0.05, 0.1) is 27.8 Å². The largest absolute Gasteiger partial charge is 0.416 e. The first-order valence-corrected chi connectivity index (χ1v) is 12.8. The summed E-state index contributed by atoms with van der Waals surface area (Å²) >= 11 is 15.5. The molecular formula is C23H19BrCl2F6N6. The maximum atomic E-state index is 13.5. The van der Waals surface area contributed by atoms with Gasteiger partial charge < -0.3 is 9.80 Å². The van der Waals surface area contributed by atoms with E-state index in [1.165, 1.54) is 18.6 Å². The van der Waals surface area contributed by atoms with Crippen molar-refractivity contribution in [3.05, 3.63) is 68.3 Å². The fraction of sp³-hybridized carbons (Fsp3) is 0.391. The predicted octanol–water partition coefficient (Wildman–Crippen LogP) is 7.44. The molecule has 0 amide bonds. The van der Waals surface area contributed by atoms with Gasteiger partial charge in [-0.25, -0.2) is 15.0 Å². The van der Waals surface area contributed by atoms with Crippen LogP contribution in [0.25, 0.3) is 0 Å². The normalized spacial score (nSPS) is 18.2. The monoisotopic (exact) mass is 642 g/mol. The van der Waals surface area contributed by atoms with E-state index in [2.05, 4.69) is 35.9 Å². The van der Waals surface area contributed by atoms with Crippen LogP contribution in [-0.2, 0) is 18.9 Å². The number of aromatic nitrogens is 4. The van der Waals surface area contributed by atoms with E-state index in [-0.39, 0.29) is 47.0 Å². The molecule has 1 saturated heterocycles. The molecule has 38 heavy (non-hydrogen) atoms. The second-order valence-corrected chi connectivity index (χ2v) is 10.3. The summed E-state index contributed by atoms with van der Waals surface area (Å²) in [6.07, 6.45) is -4.51. The zero-order valence-electron chi connectivity index (χ0n) is 19.5. The standard InChI is InChI=1S/C23H19BrCl2F6N6/c1-2-16-6-17(11-37(16)19-18(25)9-33-20(26)36-19)38(21-34-7-15(24)8-35-21)10-12-3-13(22(27,28)29)5-14(4-12)23(30,31)32/h3-5,7-9,16-17H,2,6,10-11H2,1H3/t16-,17+/m1/s1. The van der Waals surface area contributed by atoms with Gasteiger partial charge in [0.2, 0.25) is 11.2 Å². The maximum Gasteiger partial charge on any atom is 0.416 e. The van der Waals surface area contributed by atoms with E-state index < -0.39 is 29.5 Å². The Morgan fingerprint density at radius 3 is 2.13 bits per heavy atom. The molecule has 6 nitrogen and oxygen atoms in total. The van der Waals surface area contributed by atoms with Gasteiger partial charge in [-0.1, -0.05) is 18.5 Å². The van der Waals surface area contributed by atoms with Gasteiger partial charge in [0.15, 0.2) is 5.82 Å². The molecule has 3 heterocycles. The van der Waals surface area contributed by atoms with Gasteiger partial charge in [0, 0.05) is 31.5 Å². The Labute approximate surface area is 232 Å². The molecule has 0 bridgehead atoms. The van der Waals surface area contributed by atoms with Gasteiger partial charge in [-0.05, 0) is 64.1 Å². The highest BCUT2D eigenvalue weighted by Gasteiger charge is 2.39. The molecule has 204 valence electrons. The number of halogens is 9. The zero-order valence-corrected chi connectivity index (χ0v) is 22.6. The fourth-order valence-electron chi connectivity index (χ4n) is 4.43. The third kappa shape index (κ3) is 6.42. The van der Waals surface area contributed by atoms with E-state index in [0.29, 0.717) is 35.3 Å². The SMILES string of the molecule is CC[C@@H]1C[C@H](N(Cc2cc(C(F)(F)F)cc(C(F)(F)F)c2)c2ncc(Br)cn2)CN1c1nc(Cl)ncc1Cl. The minimum Gasteiger partial charge on any atom is -0.350 e. The molecule has 2 atom stereocenters. The highest BCUT2D eigenvalue weighted by atomic mass is 79.9. The van der Waals surface area contributed by atoms with Crippen LogP contribution < -0.4 is 9.80 Å². The first-order chi connectivity index (χ1) is 17.8. The Morgan fingerprint density at radius 1 is 0.974 bits per heavy atom. The van der Waals surface area contributed by atoms with Crippen LogP contribution in [0.2, 0.25) is 10.3 Å². The molecule has 1 fully saturated rings.